The van der Waals surface area contributed by atoms with Gasteiger partial charge in [-0.25, -0.2) is 24.4 Å². The molecule has 5 aromatic carbocycles. The molecule has 10 rings (SSSR count). The summed E-state index contributed by atoms with van der Waals surface area (Å²) >= 11 is 6.55. The summed E-state index contributed by atoms with van der Waals surface area (Å²) in [5.74, 6) is -9.76. The highest BCUT2D eigenvalue weighted by atomic mass is 35.5. The number of nitrogens with two attached hydrogens (primary N) is 1. The molecule has 9 aromatic rings. The number of ketones is 2. The second-order valence-corrected chi connectivity index (χ2v) is 26.8. The largest absolute Gasteiger partial charge is 0.513 e. The van der Waals surface area contributed by atoms with Crippen LogP contribution in [-0.4, -0.2) is 152 Å². The van der Waals surface area contributed by atoms with Gasteiger partial charge < -0.3 is 66.5 Å². The van der Waals surface area contributed by atoms with E-state index in [0.717, 1.165) is 32.8 Å². The zero-order valence-corrected chi connectivity index (χ0v) is 55.7. The van der Waals surface area contributed by atoms with Gasteiger partial charge in [-0.05, 0) is 96.8 Å². The molecule has 0 fully saturated rings. The van der Waals surface area contributed by atoms with Crippen LogP contribution in [0.1, 0.15) is 112 Å². The predicted octanol–water partition coefficient (Wildman–Crippen LogP) is 9.26. The lowest BCUT2D eigenvalue weighted by atomic mass is 9.94. The Morgan fingerprint density at radius 2 is 1.41 bits per heavy atom. The summed E-state index contributed by atoms with van der Waals surface area (Å²) in [5, 5.41) is 50.4. The van der Waals surface area contributed by atoms with Crippen molar-refractivity contribution in [3.63, 3.8) is 0 Å². The molecule has 3 amide bonds. The van der Waals surface area contributed by atoms with Crippen molar-refractivity contribution in [1.29, 1.82) is 0 Å². The van der Waals surface area contributed by atoms with Crippen molar-refractivity contribution in [3.8, 4) is 5.75 Å². The van der Waals surface area contributed by atoms with Crippen LogP contribution in [0.15, 0.2) is 120 Å². The quantitative estimate of drug-likeness (QED) is 0.00440. The van der Waals surface area contributed by atoms with Crippen LogP contribution < -0.4 is 36.9 Å². The van der Waals surface area contributed by atoms with Gasteiger partial charge in [-0.15, -0.1) is 11.6 Å². The van der Waals surface area contributed by atoms with E-state index in [1.54, 1.807) is 41.3 Å². The van der Waals surface area contributed by atoms with Gasteiger partial charge in [0.05, 0.1) is 41.7 Å². The first-order valence-electron chi connectivity index (χ1n) is 31.7. The molecule has 5 heterocycles. The Labute approximate surface area is 581 Å². The van der Waals surface area contributed by atoms with Gasteiger partial charge in [-0.2, -0.15) is 4.98 Å². The summed E-state index contributed by atoms with van der Waals surface area (Å²) in [7, 11) is 2.50. The molecule has 5 atom stereocenters. The molecule has 0 saturated heterocycles. The standard InChI is InChI=1S/C69H68ClN11O17S2/c70-31-42-34-81(63(87)53-29-41-25-36(13-20-49(41)76-53)26-55(83)52-28-38-7-1-5-11-48(38)75-52)54-30-56(46-9-3-4-10-47(46)58(42)54)98-69(96)97-23-24-99-100-35-40(65(90)91)8-2-6-12-50(66(92)93)77-57(84)22-16-39(64(88)89)27-45(82)19-21-51(67(94)95)78-61(85)37-14-17-43(18-15-37)72-32-44-33-73-60-59(74-44)62(86)80-68(71)79-60/h1,3-5,7,9-11,13-15,17-18,20,25,28-30,33,39-40,42,50-51,72,75-76H,2,6,8,12,16,19,21-24,26-27,31-32,34-35H2,(H,77,84)(H,78,85)(H,88,89)(H,90,91)(H,92,93)(H,94,95)(H3,71,73,79,80,86)/t39-,40+,42-,50+,51+/m0/s1. The van der Waals surface area contributed by atoms with Gasteiger partial charge in [0.25, 0.3) is 17.4 Å². The SMILES string of the molecule is Nc1nc2ncc(CNc3ccc(C(=O)N[C@H](CCC(=O)C[C@H](CCC(=O)N[C@H](CCCC[C@H](CSSCCOC(=O)Oc4cc5c(c6ccccc46)[C@@H](CCl)CN5C(=O)c4cc5cc(CC(=O)c6cc7ccccc7[nH]6)ccc5[nH]4)C(=O)O)C(=O)O)C(=O)O)C(=O)O)cc3)nc2c(=O)[nH]1. The Bertz CT molecular complexity index is 4650. The van der Waals surface area contributed by atoms with E-state index in [1.807, 2.05) is 60.7 Å². The molecule has 0 saturated carbocycles. The number of nitrogen functional groups attached to an aromatic ring is 1. The molecule has 1 aliphatic heterocycles. The van der Waals surface area contributed by atoms with E-state index >= 15 is 0 Å². The topological polar surface area (TPSA) is 439 Å². The molecular weight excluding hydrogens is 1350 g/mol. The van der Waals surface area contributed by atoms with Gasteiger partial charge in [0.15, 0.2) is 16.9 Å². The molecule has 0 spiro atoms. The van der Waals surface area contributed by atoms with Crippen molar-refractivity contribution < 1.29 is 77.8 Å². The van der Waals surface area contributed by atoms with Crippen LogP contribution in [0.25, 0.3) is 43.7 Å². The van der Waals surface area contributed by atoms with E-state index in [2.05, 4.69) is 45.9 Å². The Balaban J connectivity index is 0.621. The smallest absolute Gasteiger partial charge is 0.481 e. The van der Waals surface area contributed by atoms with Crippen molar-refractivity contribution in [3.05, 3.63) is 160 Å². The first kappa shape index (κ1) is 71.9. The Kier molecular flexibility index (Phi) is 23.8. The molecule has 31 heteroatoms. The molecular formula is C69H68ClN11O17S2. The minimum atomic E-state index is -1.53. The Morgan fingerprint density at radius 1 is 0.710 bits per heavy atom. The fourth-order valence-electron chi connectivity index (χ4n) is 11.7. The number of alkyl halides is 1. The fourth-order valence-corrected chi connectivity index (χ4v) is 14.1. The first-order valence-corrected chi connectivity index (χ1v) is 34.7. The van der Waals surface area contributed by atoms with Gasteiger partial charge in [0, 0.05) is 100 Å². The van der Waals surface area contributed by atoms with Crippen molar-refractivity contribution in [2.45, 2.75) is 88.8 Å². The summed E-state index contributed by atoms with van der Waals surface area (Å²) in [6.45, 7) is 0.289. The number of aliphatic carboxylic acids is 4. The number of carbonyl (C=O) groups excluding carboxylic acids is 6. The molecule has 100 heavy (non-hydrogen) atoms. The number of H-pyrrole nitrogens is 3. The number of amides is 3. The summed E-state index contributed by atoms with van der Waals surface area (Å²) in [6, 6.07) is 28.7. The highest BCUT2D eigenvalue weighted by molar-refractivity contribution is 8.76. The number of unbranched alkanes of at least 4 members (excludes halogenated alkanes) is 1. The predicted molar refractivity (Wildman–Crippen MR) is 374 cm³/mol. The van der Waals surface area contributed by atoms with Crippen LogP contribution in [0, 0.1) is 11.8 Å². The number of hydrogen-bond donors (Lipinski definition) is 11. The molecule has 28 nitrogen and oxygen atoms in total. The number of aromatic amines is 3. The molecule has 520 valence electrons. The zero-order chi connectivity index (χ0) is 71.1. The maximum Gasteiger partial charge on any atom is 0.513 e. The first-order chi connectivity index (χ1) is 48.1. The summed E-state index contributed by atoms with van der Waals surface area (Å²) < 4.78 is 11.2. The lowest BCUT2D eigenvalue weighted by Gasteiger charge is -2.18. The summed E-state index contributed by atoms with van der Waals surface area (Å²) in [5.41, 5.74) is 10.6. The van der Waals surface area contributed by atoms with E-state index < -0.39 is 96.4 Å². The molecule has 12 N–H and O–H groups in total. The number of anilines is 3. The van der Waals surface area contributed by atoms with Crippen LogP contribution in [0.4, 0.5) is 22.1 Å². The highest BCUT2D eigenvalue weighted by Crippen LogP contribution is 2.46. The number of ether oxygens (including phenoxy) is 2. The van der Waals surface area contributed by atoms with Crippen molar-refractivity contribution in [2.24, 2.45) is 11.8 Å². The van der Waals surface area contributed by atoms with Crippen molar-refractivity contribution in [1.82, 2.24) is 40.5 Å². The van der Waals surface area contributed by atoms with Crippen LogP contribution in [0.5, 0.6) is 5.75 Å². The van der Waals surface area contributed by atoms with E-state index in [-0.39, 0.29) is 128 Å². The number of benzene rings is 5. The molecule has 1 aliphatic rings. The second-order valence-electron chi connectivity index (χ2n) is 23.8. The number of fused-ring (bicyclic) bond motifs is 6. The number of halogens is 1. The number of Topliss-reactive ketones (excluding diaryl/α,β-unsaturated/α-hetero) is 2. The third-order valence-corrected chi connectivity index (χ3v) is 19.7. The van der Waals surface area contributed by atoms with Crippen LogP contribution in [0.2, 0.25) is 0 Å². The Hall–Kier alpha value is -10.8. The zero-order valence-electron chi connectivity index (χ0n) is 53.3. The van der Waals surface area contributed by atoms with Gasteiger partial charge >= 0.3 is 30.0 Å². The van der Waals surface area contributed by atoms with E-state index in [9.17, 15) is 73.2 Å². The number of carboxylic acid groups (broad SMARTS) is 4. The average molecular weight is 1420 g/mol. The van der Waals surface area contributed by atoms with Gasteiger partial charge in [0.1, 0.15) is 35.9 Å². The number of carboxylic acids is 4. The van der Waals surface area contributed by atoms with Crippen molar-refractivity contribution in [2.75, 3.05) is 46.5 Å². The molecule has 0 bridgehead atoms. The minimum absolute atomic E-state index is 0.00746. The fraction of sp³-hybridized carbons (Fsp3) is 0.304. The van der Waals surface area contributed by atoms with E-state index in [1.165, 1.54) is 39.9 Å². The maximum absolute atomic E-state index is 14.4. The summed E-state index contributed by atoms with van der Waals surface area (Å²) in [4.78, 5) is 163. The third kappa shape index (κ3) is 18.3. The number of aromatic nitrogens is 6. The van der Waals surface area contributed by atoms with Crippen LogP contribution in [-0.2, 0) is 46.5 Å². The number of nitrogens with one attached hydrogen (secondary N) is 6. The van der Waals surface area contributed by atoms with Crippen LogP contribution in [0.3, 0.4) is 0 Å². The van der Waals surface area contributed by atoms with Gasteiger partial charge in [-0.1, -0.05) is 83.0 Å². The second kappa shape index (κ2) is 33.1. The number of carbonyl (C=O) groups is 10. The lowest BCUT2D eigenvalue weighted by Crippen LogP contribution is -2.41. The number of hydrogen-bond acceptors (Lipinski definition) is 20. The molecule has 0 aliphatic carbocycles. The Morgan fingerprint density at radius 3 is 2.15 bits per heavy atom. The average Bonchev–Trinajstić information content (AvgIpc) is 1.56. The number of nitrogens with zero attached hydrogens (tertiary/aromatic N) is 4. The molecule has 0 unspecified atom stereocenters. The molecule has 0 radical (unpaired) electrons. The number of rotatable bonds is 35. The van der Waals surface area contributed by atoms with Crippen molar-refractivity contribution >= 4 is 154 Å². The maximum atomic E-state index is 14.4. The lowest BCUT2D eigenvalue weighted by molar-refractivity contribution is -0.145. The van der Waals surface area contributed by atoms with E-state index in [0.29, 0.717) is 39.4 Å². The highest BCUT2D eigenvalue weighted by Gasteiger charge is 2.37. The summed E-state index contributed by atoms with van der Waals surface area (Å²) in [6.07, 6.45) is -1.09. The van der Waals surface area contributed by atoms with Gasteiger partial charge in [-0.3, -0.25) is 43.3 Å². The van der Waals surface area contributed by atoms with E-state index in [4.69, 9.17) is 26.8 Å². The van der Waals surface area contributed by atoms with Gasteiger partial charge in [0.2, 0.25) is 11.9 Å². The number of para-hydroxylation sites is 1. The third-order valence-electron chi connectivity index (χ3n) is 16.8. The minimum Gasteiger partial charge on any atom is -0.481 e. The molecule has 4 aromatic heterocycles. The monoisotopic (exact) mass is 1420 g/mol. The normalized spacial score (nSPS) is 13.8. The van der Waals surface area contributed by atoms with Crippen LogP contribution >= 0.6 is 33.2 Å².